The Morgan fingerprint density at radius 2 is 1.69 bits per heavy atom. The van der Waals surface area contributed by atoms with Gasteiger partial charge >= 0.3 is 0 Å². The van der Waals surface area contributed by atoms with Crippen LogP contribution >= 0.6 is 11.6 Å². The zero-order valence-corrected chi connectivity index (χ0v) is 16.8. The van der Waals surface area contributed by atoms with Crippen molar-refractivity contribution in [3.63, 3.8) is 0 Å². The summed E-state index contributed by atoms with van der Waals surface area (Å²) < 4.78 is 15.1. The molecule has 0 aliphatic carbocycles. The molecule has 0 bridgehead atoms. The van der Waals surface area contributed by atoms with Crippen LogP contribution in [0.15, 0.2) is 48.5 Å². The Labute approximate surface area is 172 Å². The molecule has 2 aromatic carbocycles. The summed E-state index contributed by atoms with van der Waals surface area (Å²) in [7, 11) is 0. The molecule has 1 aromatic heterocycles. The van der Waals surface area contributed by atoms with Gasteiger partial charge in [-0.1, -0.05) is 35.9 Å². The van der Waals surface area contributed by atoms with E-state index in [4.69, 9.17) is 11.6 Å². The van der Waals surface area contributed by atoms with Crippen molar-refractivity contribution in [3.8, 4) is 5.69 Å². The van der Waals surface area contributed by atoms with E-state index in [2.05, 4.69) is 15.7 Å². The Morgan fingerprint density at radius 3 is 2.34 bits per heavy atom. The number of benzene rings is 2. The van der Waals surface area contributed by atoms with Crippen LogP contribution < -0.4 is 10.6 Å². The summed E-state index contributed by atoms with van der Waals surface area (Å²) in [6, 6.07) is 13.5. The van der Waals surface area contributed by atoms with E-state index in [9.17, 15) is 14.0 Å². The Bertz CT molecular complexity index is 1050. The lowest BCUT2D eigenvalue weighted by Crippen LogP contribution is -2.35. The summed E-state index contributed by atoms with van der Waals surface area (Å²) in [5, 5.41) is 9.89. The van der Waals surface area contributed by atoms with Gasteiger partial charge in [-0.15, -0.1) is 0 Å². The van der Waals surface area contributed by atoms with Crippen LogP contribution in [0, 0.1) is 19.7 Å². The van der Waals surface area contributed by atoms with Crippen LogP contribution in [-0.4, -0.2) is 34.7 Å². The number of carbonyl (C=O) groups excluding carboxylic acids is 2. The van der Waals surface area contributed by atoms with Gasteiger partial charge in [-0.3, -0.25) is 9.59 Å². The minimum atomic E-state index is -0.438. The summed E-state index contributed by atoms with van der Waals surface area (Å²) in [5.74, 6) is -1.24. The summed E-state index contributed by atoms with van der Waals surface area (Å²) in [6.07, 6.45) is 0. The lowest BCUT2D eigenvalue weighted by molar-refractivity contribution is 0.0927. The zero-order chi connectivity index (χ0) is 21.0. The standard InChI is InChI=1S/C21H20ClFN4O2/c1-13-8-9-15(12-17(13)23)20(28)24-10-11-25-21(29)18-14(2)26-27(19(18)22)16-6-4-3-5-7-16/h3-9,12H,10-11H2,1-2H3,(H,24,28)(H,25,29). The van der Waals surface area contributed by atoms with Gasteiger partial charge in [0.1, 0.15) is 11.0 Å². The van der Waals surface area contributed by atoms with Gasteiger partial charge in [0.2, 0.25) is 0 Å². The highest BCUT2D eigenvalue weighted by Gasteiger charge is 2.20. The largest absolute Gasteiger partial charge is 0.350 e. The van der Waals surface area contributed by atoms with Crippen LogP contribution in [0.25, 0.3) is 5.69 Å². The molecule has 0 aliphatic heterocycles. The molecule has 6 nitrogen and oxygen atoms in total. The molecular weight excluding hydrogens is 395 g/mol. The highest BCUT2D eigenvalue weighted by Crippen LogP contribution is 2.23. The van der Waals surface area contributed by atoms with Crippen molar-refractivity contribution in [1.29, 1.82) is 0 Å². The van der Waals surface area contributed by atoms with E-state index in [0.717, 1.165) is 5.69 Å². The van der Waals surface area contributed by atoms with Crippen molar-refractivity contribution >= 4 is 23.4 Å². The van der Waals surface area contributed by atoms with Gasteiger partial charge in [0.25, 0.3) is 11.8 Å². The molecule has 0 saturated heterocycles. The van der Waals surface area contributed by atoms with Gasteiger partial charge in [-0.2, -0.15) is 5.10 Å². The normalized spacial score (nSPS) is 10.6. The first-order valence-electron chi connectivity index (χ1n) is 9.01. The SMILES string of the molecule is Cc1ccc(C(=O)NCCNC(=O)c2c(C)nn(-c3ccccc3)c2Cl)cc1F. The molecule has 0 aliphatic rings. The Balaban J connectivity index is 1.58. The summed E-state index contributed by atoms with van der Waals surface area (Å²) in [4.78, 5) is 24.6. The fourth-order valence-corrected chi connectivity index (χ4v) is 3.13. The Morgan fingerprint density at radius 1 is 1.03 bits per heavy atom. The van der Waals surface area contributed by atoms with Crippen LogP contribution in [0.2, 0.25) is 5.15 Å². The second-order valence-corrected chi connectivity index (χ2v) is 6.83. The van der Waals surface area contributed by atoms with E-state index in [1.807, 2.05) is 30.3 Å². The first-order chi connectivity index (χ1) is 13.9. The number of para-hydroxylation sites is 1. The van der Waals surface area contributed by atoms with Crippen molar-refractivity contribution in [2.24, 2.45) is 0 Å². The predicted octanol–water partition coefficient (Wildman–Crippen LogP) is 3.44. The van der Waals surface area contributed by atoms with E-state index in [1.165, 1.54) is 10.7 Å². The molecule has 3 rings (SSSR count). The van der Waals surface area contributed by atoms with E-state index in [-0.39, 0.29) is 35.3 Å². The third kappa shape index (κ3) is 4.63. The molecule has 8 heteroatoms. The molecule has 0 saturated carbocycles. The molecule has 150 valence electrons. The summed E-state index contributed by atoms with van der Waals surface area (Å²) in [5.41, 5.74) is 2.22. The van der Waals surface area contributed by atoms with Gasteiger partial charge in [0.05, 0.1) is 16.9 Å². The second kappa shape index (κ2) is 8.87. The zero-order valence-electron chi connectivity index (χ0n) is 16.0. The Kier molecular flexibility index (Phi) is 6.29. The number of carbonyl (C=O) groups is 2. The topological polar surface area (TPSA) is 76.0 Å². The maximum Gasteiger partial charge on any atom is 0.256 e. The Hall–Kier alpha value is -3.19. The first-order valence-corrected chi connectivity index (χ1v) is 9.39. The molecule has 0 fully saturated rings. The van der Waals surface area contributed by atoms with Crippen LogP contribution in [0.1, 0.15) is 32.0 Å². The predicted molar refractivity (Wildman–Crippen MR) is 109 cm³/mol. The lowest BCUT2D eigenvalue weighted by atomic mass is 10.1. The van der Waals surface area contributed by atoms with Gasteiger partial charge in [-0.05, 0) is 43.7 Å². The minimum Gasteiger partial charge on any atom is -0.350 e. The summed E-state index contributed by atoms with van der Waals surface area (Å²) in [6.45, 7) is 3.70. The van der Waals surface area contributed by atoms with Crippen LogP contribution in [0.5, 0.6) is 0 Å². The van der Waals surface area contributed by atoms with Crippen molar-refractivity contribution < 1.29 is 14.0 Å². The maximum atomic E-state index is 13.6. The number of nitrogens with zero attached hydrogens (tertiary/aromatic N) is 2. The molecule has 2 amide bonds. The number of aromatic nitrogens is 2. The van der Waals surface area contributed by atoms with Crippen molar-refractivity contribution in [2.75, 3.05) is 13.1 Å². The molecule has 1 heterocycles. The number of amides is 2. The number of halogens is 2. The average Bonchev–Trinajstić information content (AvgIpc) is 3.01. The van der Waals surface area contributed by atoms with Gasteiger partial charge in [0, 0.05) is 18.7 Å². The van der Waals surface area contributed by atoms with Gasteiger partial charge in [-0.25, -0.2) is 9.07 Å². The third-order valence-corrected chi connectivity index (χ3v) is 4.71. The first kappa shape index (κ1) is 20.5. The van der Waals surface area contributed by atoms with Crippen LogP contribution in [0.3, 0.4) is 0 Å². The molecule has 0 radical (unpaired) electrons. The lowest BCUT2D eigenvalue weighted by Gasteiger charge is -2.08. The molecule has 0 spiro atoms. The maximum absolute atomic E-state index is 13.6. The van der Waals surface area contributed by atoms with Crippen LogP contribution in [0.4, 0.5) is 4.39 Å². The quantitative estimate of drug-likeness (QED) is 0.607. The molecule has 0 atom stereocenters. The number of hydrogen-bond donors (Lipinski definition) is 2. The van der Waals surface area contributed by atoms with Crippen molar-refractivity contribution in [2.45, 2.75) is 13.8 Å². The van der Waals surface area contributed by atoms with E-state index in [1.54, 1.807) is 26.0 Å². The fraction of sp³-hybridized carbons (Fsp3) is 0.190. The molecule has 0 unspecified atom stereocenters. The monoisotopic (exact) mass is 414 g/mol. The number of nitrogens with one attached hydrogen (secondary N) is 2. The second-order valence-electron chi connectivity index (χ2n) is 6.47. The van der Waals surface area contributed by atoms with Crippen molar-refractivity contribution in [3.05, 3.63) is 81.9 Å². The van der Waals surface area contributed by atoms with E-state index in [0.29, 0.717) is 11.3 Å². The number of hydrogen-bond acceptors (Lipinski definition) is 3. The third-order valence-electron chi connectivity index (χ3n) is 4.36. The molecular formula is C21H20ClFN4O2. The number of aryl methyl sites for hydroxylation is 2. The van der Waals surface area contributed by atoms with Gasteiger partial charge < -0.3 is 10.6 Å². The minimum absolute atomic E-state index is 0.184. The van der Waals surface area contributed by atoms with Crippen molar-refractivity contribution in [1.82, 2.24) is 20.4 Å². The van der Waals surface area contributed by atoms with E-state index >= 15 is 0 Å². The number of rotatable bonds is 6. The molecule has 29 heavy (non-hydrogen) atoms. The van der Waals surface area contributed by atoms with E-state index < -0.39 is 11.7 Å². The average molecular weight is 415 g/mol. The smallest absolute Gasteiger partial charge is 0.256 e. The molecule has 2 N–H and O–H groups in total. The highest BCUT2D eigenvalue weighted by molar-refractivity contribution is 6.33. The highest BCUT2D eigenvalue weighted by atomic mass is 35.5. The summed E-state index contributed by atoms with van der Waals surface area (Å²) >= 11 is 6.36. The van der Waals surface area contributed by atoms with Gasteiger partial charge in [0.15, 0.2) is 0 Å². The fourth-order valence-electron chi connectivity index (χ4n) is 2.77. The van der Waals surface area contributed by atoms with Crippen LogP contribution in [-0.2, 0) is 0 Å². The molecule has 3 aromatic rings.